The van der Waals surface area contributed by atoms with Crippen LogP contribution in [0, 0.1) is 5.82 Å². The number of halogens is 1. The van der Waals surface area contributed by atoms with Gasteiger partial charge in [0.05, 0.1) is 0 Å². The normalized spacial score (nSPS) is 10.5. The van der Waals surface area contributed by atoms with Crippen molar-refractivity contribution < 1.29 is 4.39 Å². The molecule has 0 aromatic heterocycles. The van der Waals surface area contributed by atoms with E-state index >= 15 is 0 Å². The smallest absolute Gasteiger partial charge is 0.130 e. The molecule has 1 aromatic carbocycles. The van der Waals surface area contributed by atoms with Gasteiger partial charge < -0.3 is 0 Å². The van der Waals surface area contributed by atoms with Gasteiger partial charge in [-0.3, -0.25) is 0 Å². The van der Waals surface area contributed by atoms with Crippen molar-refractivity contribution >= 4 is 12.2 Å². The van der Waals surface area contributed by atoms with Gasteiger partial charge in [-0.2, -0.15) is 0 Å². The van der Waals surface area contributed by atoms with Crippen molar-refractivity contribution in [3.63, 3.8) is 0 Å². The zero-order valence-corrected chi connectivity index (χ0v) is 7.05. The Bertz CT molecular complexity index is 311. The fraction of sp³-hybridized carbons (Fsp3) is 0.0909. The second kappa shape index (κ2) is 3.86. The van der Waals surface area contributed by atoms with Crippen LogP contribution in [0.1, 0.15) is 18.1 Å². The average Bonchev–Trinajstić information content (AvgIpc) is 2.09. The van der Waals surface area contributed by atoms with Gasteiger partial charge in [0.2, 0.25) is 0 Å². The van der Waals surface area contributed by atoms with E-state index in [0.29, 0.717) is 5.56 Å². The summed E-state index contributed by atoms with van der Waals surface area (Å²) < 4.78 is 12.9. The molecular formula is C11H11F. The fourth-order valence-corrected chi connectivity index (χ4v) is 1.01. The quantitative estimate of drug-likeness (QED) is 0.624. The molecule has 1 rings (SSSR count). The molecule has 1 heteroatoms. The molecule has 0 aliphatic heterocycles. The van der Waals surface area contributed by atoms with Gasteiger partial charge in [0.15, 0.2) is 0 Å². The Morgan fingerprint density at radius 2 is 2.17 bits per heavy atom. The van der Waals surface area contributed by atoms with E-state index in [9.17, 15) is 4.39 Å². The van der Waals surface area contributed by atoms with Crippen molar-refractivity contribution in [3.8, 4) is 0 Å². The van der Waals surface area contributed by atoms with E-state index < -0.39 is 0 Å². The number of hydrogen-bond acceptors (Lipinski definition) is 0. The highest BCUT2D eigenvalue weighted by atomic mass is 19.1. The van der Waals surface area contributed by atoms with Crippen molar-refractivity contribution in [2.24, 2.45) is 0 Å². The van der Waals surface area contributed by atoms with Crippen molar-refractivity contribution in [3.05, 3.63) is 47.8 Å². The van der Waals surface area contributed by atoms with Crippen LogP contribution in [0.25, 0.3) is 12.2 Å². The molecule has 0 spiro atoms. The summed E-state index contributed by atoms with van der Waals surface area (Å²) in [5, 5.41) is 0. The van der Waals surface area contributed by atoms with Gasteiger partial charge in [-0.25, -0.2) is 4.39 Å². The molecule has 0 nitrogen and oxygen atoms in total. The van der Waals surface area contributed by atoms with Crippen LogP contribution in [0.2, 0.25) is 0 Å². The molecule has 0 saturated heterocycles. The van der Waals surface area contributed by atoms with Gasteiger partial charge >= 0.3 is 0 Å². The Morgan fingerprint density at radius 1 is 1.42 bits per heavy atom. The van der Waals surface area contributed by atoms with Crippen LogP contribution in [-0.2, 0) is 0 Å². The first kappa shape index (κ1) is 8.72. The Balaban J connectivity index is 3.13. The monoisotopic (exact) mass is 162 g/mol. The highest BCUT2D eigenvalue weighted by molar-refractivity contribution is 5.57. The summed E-state index contributed by atoms with van der Waals surface area (Å²) in [4.78, 5) is 0. The summed E-state index contributed by atoms with van der Waals surface area (Å²) in [5.74, 6) is -0.224. The Morgan fingerprint density at radius 3 is 2.75 bits per heavy atom. The van der Waals surface area contributed by atoms with Gasteiger partial charge in [0, 0.05) is 5.56 Å². The minimum Gasteiger partial charge on any atom is -0.206 e. The number of benzene rings is 1. The molecule has 0 radical (unpaired) electrons. The predicted molar refractivity (Wildman–Crippen MR) is 51.2 cm³/mol. The second-order valence-corrected chi connectivity index (χ2v) is 2.49. The van der Waals surface area contributed by atoms with Gasteiger partial charge in [-0.05, 0) is 24.6 Å². The maximum atomic E-state index is 12.9. The Hall–Kier alpha value is -1.37. The highest BCUT2D eigenvalue weighted by Gasteiger charge is 1.96. The number of allylic oxidation sites excluding steroid dienone is 1. The number of hydrogen-bond donors (Lipinski definition) is 0. The molecule has 0 bridgehead atoms. The summed E-state index contributed by atoms with van der Waals surface area (Å²) >= 11 is 0. The lowest BCUT2D eigenvalue weighted by Crippen LogP contribution is -1.82. The number of rotatable bonds is 2. The fourth-order valence-electron chi connectivity index (χ4n) is 1.01. The molecule has 0 aliphatic rings. The van der Waals surface area contributed by atoms with Gasteiger partial charge in [-0.1, -0.05) is 30.9 Å². The summed E-state index contributed by atoms with van der Waals surface area (Å²) in [6.45, 7) is 5.46. The van der Waals surface area contributed by atoms with Crippen molar-refractivity contribution in [1.82, 2.24) is 0 Å². The third-order valence-electron chi connectivity index (χ3n) is 1.60. The topological polar surface area (TPSA) is 0 Å². The minimum atomic E-state index is -0.224. The standard InChI is InChI=1S/C11H11F/c1-3-5-9-6-7-11(12)10(4-2)8-9/h3-8H,2H2,1H3/b5-3-. The third kappa shape index (κ3) is 1.82. The molecule has 62 valence electrons. The minimum absolute atomic E-state index is 0.224. The van der Waals surface area contributed by atoms with E-state index in [2.05, 4.69) is 6.58 Å². The summed E-state index contributed by atoms with van der Waals surface area (Å²) in [6.07, 6.45) is 5.36. The highest BCUT2D eigenvalue weighted by Crippen LogP contribution is 2.12. The van der Waals surface area contributed by atoms with E-state index in [1.807, 2.05) is 19.1 Å². The molecule has 0 saturated carbocycles. The molecule has 0 heterocycles. The van der Waals surface area contributed by atoms with Gasteiger partial charge in [0.1, 0.15) is 5.82 Å². The molecule has 0 atom stereocenters. The van der Waals surface area contributed by atoms with Crippen LogP contribution in [0.3, 0.4) is 0 Å². The lowest BCUT2D eigenvalue weighted by molar-refractivity contribution is 0.625. The maximum absolute atomic E-state index is 12.9. The van der Waals surface area contributed by atoms with Crippen molar-refractivity contribution in [1.29, 1.82) is 0 Å². The molecule has 0 unspecified atom stereocenters. The van der Waals surface area contributed by atoms with Crippen LogP contribution >= 0.6 is 0 Å². The van der Waals surface area contributed by atoms with E-state index in [4.69, 9.17) is 0 Å². The SMILES string of the molecule is C=Cc1cc(/C=C\C)ccc1F. The predicted octanol–water partition coefficient (Wildman–Crippen LogP) is 3.50. The summed E-state index contributed by atoms with van der Waals surface area (Å²) in [5.41, 5.74) is 1.54. The van der Waals surface area contributed by atoms with E-state index in [0.717, 1.165) is 5.56 Å². The van der Waals surface area contributed by atoms with Crippen LogP contribution in [0.5, 0.6) is 0 Å². The van der Waals surface area contributed by atoms with Crippen molar-refractivity contribution in [2.75, 3.05) is 0 Å². The molecule has 12 heavy (non-hydrogen) atoms. The first-order chi connectivity index (χ1) is 5.77. The Labute approximate surface area is 72.0 Å². The average molecular weight is 162 g/mol. The zero-order valence-electron chi connectivity index (χ0n) is 7.05. The van der Waals surface area contributed by atoms with Crippen LogP contribution in [0.4, 0.5) is 4.39 Å². The molecule has 0 amide bonds. The molecule has 0 N–H and O–H groups in total. The first-order valence-corrected chi connectivity index (χ1v) is 3.82. The van der Waals surface area contributed by atoms with E-state index in [1.165, 1.54) is 12.1 Å². The third-order valence-corrected chi connectivity index (χ3v) is 1.60. The van der Waals surface area contributed by atoms with Crippen LogP contribution in [-0.4, -0.2) is 0 Å². The lowest BCUT2D eigenvalue weighted by Gasteiger charge is -1.97. The molecule has 1 aromatic rings. The van der Waals surface area contributed by atoms with E-state index in [1.54, 1.807) is 12.1 Å². The largest absolute Gasteiger partial charge is 0.206 e. The first-order valence-electron chi connectivity index (χ1n) is 3.82. The van der Waals surface area contributed by atoms with Crippen molar-refractivity contribution in [2.45, 2.75) is 6.92 Å². The molecule has 0 fully saturated rings. The Kier molecular flexibility index (Phi) is 2.81. The van der Waals surface area contributed by atoms with E-state index in [-0.39, 0.29) is 5.82 Å². The van der Waals surface area contributed by atoms with Gasteiger partial charge in [0.25, 0.3) is 0 Å². The summed E-state index contributed by atoms with van der Waals surface area (Å²) in [7, 11) is 0. The van der Waals surface area contributed by atoms with Crippen LogP contribution in [0.15, 0.2) is 30.9 Å². The molecular weight excluding hydrogens is 151 g/mol. The zero-order chi connectivity index (χ0) is 8.97. The second-order valence-electron chi connectivity index (χ2n) is 2.49. The maximum Gasteiger partial charge on any atom is 0.130 e. The molecule has 0 aliphatic carbocycles. The van der Waals surface area contributed by atoms with Crippen LogP contribution < -0.4 is 0 Å². The summed E-state index contributed by atoms with van der Waals surface area (Å²) in [6, 6.07) is 4.96. The lowest BCUT2D eigenvalue weighted by atomic mass is 10.1. The van der Waals surface area contributed by atoms with Gasteiger partial charge in [-0.15, -0.1) is 0 Å².